The zero-order valence-electron chi connectivity index (χ0n) is 12.2. The number of nitrogens with one attached hydrogen (secondary N) is 1. The van der Waals surface area contributed by atoms with Gasteiger partial charge in [0.1, 0.15) is 11.4 Å². The zero-order valence-corrected chi connectivity index (χ0v) is 12.2. The van der Waals surface area contributed by atoms with E-state index in [0.29, 0.717) is 0 Å². The monoisotopic (exact) mass is 278 g/mol. The number of aromatic nitrogens is 1. The van der Waals surface area contributed by atoms with Crippen molar-refractivity contribution in [3.8, 4) is 5.75 Å². The molecule has 21 heavy (non-hydrogen) atoms. The summed E-state index contributed by atoms with van der Waals surface area (Å²) in [7, 11) is 3.62. The van der Waals surface area contributed by atoms with Crippen molar-refractivity contribution in [1.29, 1.82) is 0 Å². The van der Waals surface area contributed by atoms with Crippen LogP contribution in [0.5, 0.6) is 5.75 Å². The molecule has 0 saturated heterocycles. The minimum atomic E-state index is -0.00718. The minimum absolute atomic E-state index is 0.00718. The van der Waals surface area contributed by atoms with Crippen LogP contribution in [0.1, 0.15) is 17.3 Å². The first kappa shape index (κ1) is 13.6. The Morgan fingerprint density at radius 3 is 2.62 bits per heavy atom. The summed E-state index contributed by atoms with van der Waals surface area (Å²) < 4.78 is 5.46. The molecule has 3 nitrogen and oxygen atoms in total. The van der Waals surface area contributed by atoms with Crippen LogP contribution >= 0.6 is 0 Å². The number of rotatable bonds is 4. The topological polar surface area (TPSA) is 34.2 Å². The van der Waals surface area contributed by atoms with E-state index >= 15 is 0 Å². The molecule has 0 radical (unpaired) electrons. The molecule has 3 aromatic rings. The Morgan fingerprint density at radius 2 is 1.81 bits per heavy atom. The third-order valence-electron chi connectivity index (χ3n) is 3.72. The van der Waals surface area contributed by atoms with Crippen molar-refractivity contribution in [2.75, 3.05) is 14.2 Å². The molecule has 106 valence electrons. The molecule has 0 fully saturated rings. The van der Waals surface area contributed by atoms with Gasteiger partial charge in [-0.2, -0.15) is 0 Å². The highest BCUT2D eigenvalue weighted by Crippen LogP contribution is 2.31. The summed E-state index contributed by atoms with van der Waals surface area (Å²) in [5, 5.41) is 5.81. The van der Waals surface area contributed by atoms with Gasteiger partial charge in [0.15, 0.2) is 0 Å². The average molecular weight is 278 g/mol. The highest BCUT2D eigenvalue weighted by molar-refractivity contribution is 5.86. The molecule has 0 aliphatic carbocycles. The molecule has 0 aliphatic heterocycles. The van der Waals surface area contributed by atoms with Crippen LogP contribution in [0.15, 0.2) is 60.8 Å². The van der Waals surface area contributed by atoms with Crippen molar-refractivity contribution in [1.82, 2.24) is 10.3 Å². The van der Waals surface area contributed by atoms with E-state index in [1.165, 1.54) is 16.3 Å². The van der Waals surface area contributed by atoms with Gasteiger partial charge in [-0.05, 0) is 35.5 Å². The number of ether oxygens (including phenoxy) is 1. The summed E-state index contributed by atoms with van der Waals surface area (Å²) >= 11 is 0. The fourth-order valence-corrected chi connectivity index (χ4v) is 2.73. The first-order valence-electron chi connectivity index (χ1n) is 6.99. The summed E-state index contributed by atoms with van der Waals surface area (Å²) in [6.45, 7) is 0. The smallest absolute Gasteiger partial charge is 0.142 e. The third-order valence-corrected chi connectivity index (χ3v) is 3.72. The molecule has 0 spiro atoms. The van der Waals surface area contributed by atoms with Crippen molar-refractivity contribution in [2.45, 2.75) is 6.04 Å². The van der Waals surface area contributed by atoms with Crippen molar-refractivity contribution in [2.24, 2.45) is 0 Å². The largest absolute Gasteiger partial charge is 0.495 e. The maximum atomic E-state index is 5.46. The van der Waals surface area contributed by atoms with Crippen LogP contribution in [-0.4, -0.2) is 19.1 Å². The quantitative estimate of drug-likeness (QED) is 0.792. The zero-order chi connectivity index (χ0) is 14.7. The lowest BCUT2D eigenvalue weighted by Crippen LogP contribution is -2.20. The predicted molar refractivity (Wildman–Crippen MR) is 85.6 cm³/mol. The molecular weight excluding hydrogens is 260 g/mol. The van der Waals surface area contributed by atoms with Gasteiger partial charge < -0.3 is 10.1 Å². The van der Waals surface area contributed by atoms with E-state index in [1.54, 1.807) is 13.3 Å². The molecule has 1 N–H and O–H groups in total. The summed E-state index contributed by atoms with van der Waals surface area (Å²) in [5.41, 5.74) is 2.10. The fraction of sp³-hybridized carbons (Fsp3) is 0.167. The maximum absolute atomic E-state index is 5.46. The molecular formula is C18H18N2O. The first-order valence-corrected chi connectivity index (χ1v) is 6.99. The van der Waals surface area contributed by atoms with Crippen LogP contribution in [0.4, 0.5) is 0 Å². The van der Waals surface area contributed by atoms with Gasteiger partial charge in [-0.15, -0.1) is 0 Å². The Hall–Kier alpha value is -2.39. The van der Waals surface area contributed by atoms with Gasteiger partial charge in [-0.25, -0.2) is 0 Å². The van der Waals surface area contributed by atoms with E-state index in [2.05, 4.69) is 52.8 Å². The summed E-state index contributed by atoms with van der Waals surface area (Å²) in [6, 6.07) is 18.6. The molecule has 2 aromatic carbocycles. The number of nitrogens with zero attached hydrogens (tertiary/aromatic N) is 1. The molecule has 0 aliphatic rings. The normalized spacial score (nSPS) is 12.3. The molecule has 0 saturated carbocycles. The number of hydrogen-bond donors (Lipinski definition) is 1. The molecule has 1 heterocycles. The van der Waals surface area contributed by atoms with Crippen LogP contribution in [-0.2, 0) is 0 Å². The number of pyridine rings is 1. The van der Waals surface area contributed by atoms with Gasteiger partial charge in [0.05, 0.1) is 13.2 Å². The molecule has 3 heteroatoms. The van der Waals surface area contributed by atoms with Gasteiger partial charge >= 0.3 is 0 Å². The second kappa shape index (κ2) is 5.94. The lowest BCUT2D eigenvalue weighted by Gasteiger charge is -2.20. The highest BCUT2D eigenvalue weighted by Gasteiger charge is 2.19. The Labute approximate surface area is 124 Å². The van der Waals surface area contributed by atoms with Crippen LogP contribution in [0.25, 0.3) is 10.8 Å². The summed E-state index contributed by atoms with van der Waals surface area (Å²) in [4.78, 5) is 4.52. The molecule has 0 bridgehead atoms. The van der Waals surface area contributed by atoms with Crippen LogP contribution in [0, 0.1) is 0 Å². The van der Waals surface area contributed by atoms with Gasteiger partial charge in [0.25, 0.3) is 0 Å². The van der Waals surface area contributed by atoms with E-state index in [-0.39, 0.29) is 6.04 Å². The van der Waals surface area contributed by atoms with Crippen molar-refractivity contribution < 1.29 is 4.74 Å². The number of benzene rings is 2. The van der Waals surface area contributed by atoms with Gasteiger partial charge in [0.2, 0.25) is 0 Å². The molecule has 1 atom stereocenters. The Balaban J connectivity index is 2.19. The van der Waals surface area contributed by atoms with E-state index < -0.39 is 0 Å². The van der Waals surface area contributed by atoms with Crippen molar-refractivity contribution >= 4 is 10.8 Å². The third kappa shape index (κ3) is 2.48. The first-order chi connectivity index (χ1) is 10.3. The second-order valence-electron chi connectivity index (χ2n) is 4.88. The standard InChI is InChI=1S/C18H18N2O/c1-19-17(18-16(21-2)11-6-12-20-18)15-10-5-8-13-7-3-4-9-14(13)15/h3-12,17,19H,1-2H3. The van der Waals surface area contributed by atoms with E-state index in [1.807, 2.05) is 19.2 Å². The second-order valence-corrected chi connectivity index (χ2v) is 4.88. The minimum Gasteiger partial charge on any atom is -0.495 e. The number of methoxy groups -OCH3 is 1. The van der Waals surface area contributed by atoms with Gasteiger partial charge in [-0.1, -0.05) is 42.5 Å². The number of fused-ring (bicyclic) bond motifs is 1. The van der Waals surface area contributed by atoms with Gasteiger partial charge in [0, 0.05) is 6.20 Å². The molecule has 3 rings (SSSR count). The SMILES string of the molecule is CNC(c1ncccc1OC)c1cccc2ccccc12. The van der Waals surface area contributed by atoms with Crippen molar-refractivity contribution in [3.05, 3.63) is 72.1 Å². The number of hydrogen-bond acceptors (Lipinski definition) is 3. The summed E-state index contributed by atoms with van der Waals surface area (Å²) in [5.74, 6) is 0.796. The maximum Gasteiger partial charge on any atom is 0.142 e. The van der Waals surface area contributed by atoms with Crippen LogP contribution in [0.3, 0.4) is 0 Å². The Bertz CT molecular complexity index is 750. The van der Waals surface area contributed by atoms with Crippen LogP contribution in [0.2, 0.25) is 0 Å². The summed E-state index contributed by atoms with van der Waals surface area (Å²) in [6.07, 6.45) is 1.80. The molecule has 0 amide bonds. The predicted octanol–water partition coefficient (Wildman–Crippen LogP) is 3.55. The highest BCUT2D eigenvalue weighted by atomic mass is 16.5. The average Bonchev–Trinajstić information content (AvgIpc) is 2.56. The van der Waals surface area contributed by atoms with E-state index in [0.717, 1.165) is 11.4 Å². The lowest BCUT2D eigenvalue weighted by molar-refractivity contribution is 0.402. The fourth-order valence-electron chi connectivity index (χ4n) is 2.73. The van der Waals surface area contributed by atoms with E-state index in [9.17, 15) is 0 Å². The molecule has 1 aromatic heterocycles. The van der Waals surface area contributed by atoms with E-state index in [4.69, 9.17) is 4.74 Å². The molecule has 1 unspecified atom stereocenters. The Morgan fingerprint density at radius 1 is 1.00 bits per heavy atom. The van der Waals surface area contributed by atoms with Gasteiger partial charge in [-0.3, -0.25) is 4.98 Å². The van der Waals surface area contributed by atoms with Crippen molar-refractivity contribution in [3.63, 3.8) is 0 Å². The Kier molecular flexibility index (Phi) is 3.84. The lowest BCUT2D eigenvalue weighted by atomic mass is 9.96. The van der Waals surface area contributed by atoms with Crippen LogP contribution < -0.4 is 10.1 Å².